The van der Waals surface area contributed by atoms with Crippen molar-refractivity contribution in [2.45, 2.75) is 42.5 Å². The van der Waals surface area contributed by atoms with Gasteiger partial charge in [0.05, 0.1) is 0 Å². The van der Waals surface area contributed by atoms with Crippen molar-refractivity contribution in [2.75, 3.05) is 0 Å². The molecule has 0 aliphatic carbocycles. The quantitative estimate of drug-likeness (QED) is 0.131. The summed E-state index contributed by atoms with van der Waals surface area (Å²) in [6.45, 7) is -5.13. The fourth-order valence-corrected chi connectivity index (χ4v) is 18.3. The Hall–Kier alpha value is -2.86. The molecule has 0 unspecified atom stereocenters. The Morgan fingerprint density at radius 3 is 2.21 bits per heavy atom. The second-order valence-corrected chi connectivity index (χ2v) is 34.0. The summed E-state index contributed by atoms with van der Waals surface area (Å²) in [7, 11) is 0. The van der Waals surface area contributed by atoms with Gasteiger partial charge in [-0.2, -0.15) is 0 Å². The van der Waals surface area contributed by atoms with Crippen LogP contribution in [-0.4, -0.2) is 36.5 Å². The third-order valence-corrected chi connectivity index (χ3v) is 22.2. The predicted octanol–water partition coefficient (Wildman–Crippen LogP) is 9.43. The van der Waals surface area contributed by atoms with Crippen LogP contribution in [0.5, 0.6) is 0 Å². The van der Waals surface area contributed by atoms with Crippen molar-refractivity contribution in [3.63, 3.8) is 0 Å². The molecule has 0 atom stereocenters. The third-order valence-electron chi connectivity index (χ3n) is 8.89. The van der Waals surface area contributed by atoms with Crippen LogP contribution >= 0.6 is 11.3 Å². The first-order valence-corrected chi connectivity index (χ1v) is 29.9. The molecule has 8 rings (SSSR count). The number of benzene rings is 4. The zero-order valence-electron chi connectivity index (χ0n) is 33.0. The summed E-state index contributed by atoms with van der Waals surface area (Å²) in [5, 5.41) is 2.27. The average Bonchev–Trinajstić information content (AvgIpc) is 3.60. The second kappa shape index (κ2) is 13.2. The van der Waals surface area contributed by atoms with Crippen LogP contribution in [0.4, 0.5) is 0 Å². The molecule has 237 valence electrons. The molecule has 0 amide bonds. The van der Waals surface area contributed by atoms with Crippen LogP contribution in [0, 0.1) is 25.8 Å². The molecule has 0 fully saturated rings. The summed E-state index contributed by atoms with van der Waals surface area (Å²) in [5.41, 5.74) is 5.44. The van der Waals surface area contributed by atoms with Crippen molar-refractivity contribution in [3.8, 4) is 33.6 Å². The Morgan fingerprint density at radius 2 is 1.49 bits per heavy atom. The standard InChI is InChI=1S/C27H22GeNS.C14H16GeN.Ir/c1-16-14-24(29-15-17(16)2)22-10-7-9-20-21-13-12-19-18-8-5-6-11-23(18)28(3,4)25(19)27(21)30-26(20)22;1-15(2,3)13-9-10-14(16-11-13)12-7-5-4-6-8-12;/h5-9,11-15H,1-4H3;4-7,9-11H,1-3H3;/q2*-1;/i1D3,2D3;;. The zero-order valence-corrected chi connectivity index (χ0v) is 34.4. The molecular weight excluding hydrogens is 890 g/mol. The van der Waals surface area contributed by atoms with E-state index in [0.717, 1.165) is 21.3 Å². The summed E-state index contributed by atoms with van der Waals surface area (Å²) in [6.07, 6.45) is 3.23. The normalized spacial score (nSPS) is 15.4. The predicted molar refractivity (Wildman–Crippen MR) is 205 cm³/mol. The van der Waals surface area contributed by atoms with Crippen LogP contribution in [0.2, 0.25) is 28.8 Å². The minimum Gasteiger partial charge on any atom is 0 e. The monoisotopic (exact) mass is 937 g/mol. The Kier molecular flexibility index (Phi) is 7.59. The first-order valence-electron chi connectivity index (χ1n) is 18.4. The van der Waals surface area contributed by atoms with E-state index >= 15 is 0 Å². The van der Waals surface area contributed by atoms with Gasteiger partial charge < -0.3 is 0 Å². The van der Waals surface area contributed by atoms with Crippen molar-refractivity contribution in [1.82, 2.24) is 9.97 Å². The van der Waals surface area contributed by atoms with Crippen molar-refractivity contribution in [3.05, 3.63) is 127 Å². The maximum Gasteiger partial charge on any atom is 0 e. The SMILES string of the molecule is [2H]C([2H])([2H])c1cnc(-c2[c-]ccc3c2sc2[c]4c(ccc23)-c2cccc[c]2[Ge]4([CH3])[CH3])cc1C([2H])([2H])[2H].[CH3][Ge]([CH3])([CH3])[c]1ccc(-c2[c-]cccc2)nc1.[Ir]. The number of nitrogens with zero attached hydrogens (tertiary/aromatic N) is 2. The van der Waals surface area contributed by atoms with Gasteiger partial charge in [0.2, 0.25) is 0 Å². The summed E-state index contributed by atoms with van der Waals surface area (Å²) in [4.78, 5) is 8.95. The molecule has 4 aromatic carbocycles. The Morgan fingerprint density at radius 1 is 0.723 bits per heavy atom. The summed E-state index contributed by atoms with van der Waals surface area (Å²) in [6, 6.07) is 37.2. The van der Waals surface area contributed by atoms with E-state index in [-0.39, 0.29) is 31.2 Å². The van der Waals surface area contributed by atoms with E-state index < -0.39 is 40.2 Å². The van der Waals surface area contributed by atoms with E-state index in [9.17, 15) is 0 Å². The van der Waals surface area contributed by atoms with Crippen LogP contribution in [0.15, 0.2) is 103 Å². The number of fused-ring (bicyclic) bond motifs is 7. The van der Waals surface area contributed by atoms with Gasteiger partial charge in [0.15, 0.2) is 0 Å². The van der Waals surface area contributed by atoms with Gasteiger partial charge in [0.1, 0.15) is 0 Å². The first kappa shape index (κ1) is 27.0. The molecule has 7 aromatic rings. The Bertz CT molecular complexity index is 2450. The molecule has 47 heavy (non-hydrogen) atoms. The van der Waals surface area contributed by atoms with E-state index in [1.54, 1.807) is 11.3 Å². The van der Waals surface area contributed by atoms with Gasteiger partial charge in [-0.05, 0) is 0 Å². The molecule has 1 aliphatic rings. The van der Waals surface area contributed by atoms with E-state index in [2.05, 4.69) is 99.4 Å². The number of hydrogen-bond donors (Lipinski definition) is 0. The van der Waals surface area contributed by atoms with E-state index in [1.807, 2.05) is 42.6 Å². The molecule has 0 N–H and O–H groups in total. The molecule has 1 radical (unpaired) electrons. The fraction of sp³-hybridized carbons (Fsp3) is 0.171. The molecule has 6 heteroatoms. The van der Waals surface area contributed by atoms with Crippen molar-refractivity contribution in [2.24, 2.45) is 0 Å². The largest absolute Gasteiger partial charge is 0 e. The van der Waals surface area contributed by atoms with E-state index in [1.165, 1.54) is 46.7 Å². The molecule has 4 heterocycles. The topological polar surface area (TPSA) is 25.8 Å². The molecule has 1 aliphatic heterocycles. The first-order chi connectivity index (χ1) is 24.5. The van der Waals surface area contributed by atoms with Crippen LogP contribution < -0.4 is 13.2 Å². The number of pyridine rings is 2. The van der Waals surface area contributed by atoms with Crippen molar-refractivity contribution >= 4 is 71.2 Å². The minimum atomic E-state index is -2.57. The molecule has 2 nitrogen and oxygen atoms in total. The second-order valence-electron chi connectivity index (χ2n) is 13.3. The van der Waals surface area contributed by atoms with Gasteiger partial charge in [-0.15, -0.1) is 0 Å². The number of aromatic nitrogens is 2. The van der Waals surface area contributed by atoms with Gasteiger partial charge >= 0.3 is 292 Å². The maximum atomic E-state index is 7.95. The summed E-state index contributed by atoms with van der Waals surface area (Å²) < 4.78 is 53.9. The Balaban J connectivity index is 0.000000238. The average molecular weight is 934 g/mol. The van der Waals surface area contributed by atoms with Gasteiger partial charge in [-0.25, -0.2) is 0 Å². The number of rotatable bonds is 3. The van der Waals surface area contributed by atoms with Crippen LogP contribution in [0.3, 0.4) is 0 Å². The molecule has 0 saturated carbocycles. The van der Waals surface area contributed by atoms with Crippen LogP contribution in [0.25, 0.3) is 53.8 Å². The van der Waals surface area contributed by atoms with Gasteiger partial charge in [-0.1, -0.05) is 0 Å². The molecule has 0 saturated heterocycles. The smallest absolute Gasteiger partial charge is 0 e. The van der Waals surface area contributed by atoms with Crippen LogP contribution in [0.1, 0.15) is 19.4 Å². The minimum absolute atomic E-state index is 0. The summed E-state index contributed by atoms with van der Waals surface area (Å²) >= 11 is -2.54. The molecule has 3 aromatic heterocycles. The number of aryl methyl sites for hydroxylation is 2. The third kappa shape index (κ3) is 6.24. The van der Waals surface area contributed by atoms with Gasteiger partial charge in [-0.3, -0.25) is 0 Å². The number of thiophene rings is 1. The van der Waals surface area contributed by atoms with Crippen LogP contribution in [-0.2, 0) is 20.1 Å². The molecule has 0 spiro atoms. The van der Waals surface area contributed by atoms with E-state index in [4.69, 9.17) is 8.22 Å². The summed E-state index contributed by atoms with van der Waals surface area (Å²) in [5.74, 6) is 12.0. The van der Waals surface area contributed by atoms with Crippen molar-refractivity contribution in [1.29, 1.82) is 0 Å². The zero-order chi connectivity index (χ0) is 37.2. The maximum absolute atomic E-state index is 7.95. The molecule has 0 bridgehead atoms. The fourth-order valence-electron chi connectivity index (χ4n) is 6.38. The van der Waals surface area contributed by atoms with E-state index in [0.29, 0.717) is 11.3 Å². The van der Waals surface area contributed by atoms with Gasteiger partial charge in [0.25, 0.3) is 0 Å². The number of hydrogen-bond acceptors (Lipinski definition) is 3. The van der Waals surface area contributed by atoms with Crippen molar-refractivity contribution < 1.29 is 28.3 Å². The molecular formula is C41H38Ge2IrN2S-2. The van der Waals surface area contributed by atoms with Gasteiger partial charge in [0, 0.05) is 20.1 Å². The Labute approximate surface area is 310 Å².